The molecule has 0 atom stereocenters. The van der Waals surface area contributed by atoms with E-state index in [2.05, 4.69) is 20.8 Å². The molecule has 2 aromatic heterocycles. The van der Waals surface area contributed by atoms with Gasteiger partial charge in [0, 0.05) is 9.90 Å². The van der Waals surface area contributed by atoms with E-state index in [1.54, 1.807) is 16.0 Å². The molecule has 0 aliphatic heterocycles. The highest BCUT2D eigenvalue weighted by Crippen LogP contribution is 2.21. The number of anilines is 1. The third-order valence-corrected chi connectivity index (χ3v) is 4.97. The lowest BCUT2D eigenvalue weighted by molar-refractivity contribution is -0.113. The van der Waals surface area contributed by atoms with Crippen LogP contribution in [0.2, 0.25) is 5.02 Å². The number of tetrazole rings is 1. The number of thiophene rings is 1. The molecule has 10 heteroatoms. The van der Waals surface area contributed by atoms with Crippen molar-refractivity contribution in [2.75, 3.05) is 11.1 Å². The van der Waals surface area contributed by atoms with Crippen molar-refractivity contribution >= 4 is 46.3 Å². The highest BCUT2D eigenvalue weighted by atomic mass is 35.5. The molecular weight excluding hydrogens is 373 g/mol. The smallest absolute Gasteiger partial charge is 0.234 e. The van der Waals surface area contributed by atoms with Crippen LogP contribution >= 0.6 is 34.7 Å². The van der Waals surface area contributed by atoms with Gasteiger partial charge in [0.15, 0.2) is 0 Å². The molecule has 3 aromatic rings. The van der Waals surface area contributed by atoms with Gasteiger partial charge >= 0.3 is 0 Å². The van der Waals surface area contributed by atoms with Crippen LogP contribution in [0.15, 0.2) is 40.9 Å². The molecule has 1 aromatic carbocycles. The fourth-order valence-corrected chi connectivity index (χ4v) is 3.39. The summed E-state index contributed by atoms with van der Waals surface area (Å²) >= 11 is 8.57. The molecule has 124 valence electrons. The molecule has 0 bridgehead atoms. The second-order valence-corrected chi connectivity index (χ2v) is 7.07. The SMILES string of the molecule is O=C(CSc1nnnn1Cc1cccs1)Nc1cc(Cl)ccc1F. The van der Waals surface area contributed by atoms with Gasteiger partial charge in [0.2, 0.25) is 11.1 Å². The quantitative estimate of drug-likeness (QED) is 0.661. The molecule has 0 spiro atoms. The van der Waals surface area contributed by atoms with Gasteiger partial charge in [-0.15, -0.1) is 16.4 Å². The Morgan fingerprint density at radius 2 is 2.29 bits per heavy atom. The summed E-state index contributed by atoms with van der Waals surface area (Å²) in [4.78, 5) is 13.1. The normalized spacial score (nSPS) is 10.8. The molecule has 2 heterocycles. The van der Waals surface area contributed by atoms with E-state index in [4.69, 9.17) is 11.6 Å². The van der Waals surface area contributed by atoms with Crippen molar-refractivity contribution in [2.24, 2.45) is 0 Å². The molecule has 6 nitrogen and oxygen atoms in total. The summed E-state index contributed by atoms with van der Waals surface area (Å²) in [5, 5.41) is 16.8. The van der Waals surface area contributed by atoms with E-state index in [-0.39, 0.29) is 17.3 Å². The Balaban J connectivity index is 1.59. The second-order valence-electron chi connectivity index (χ2n) is 4.66. The number of hydrogen-bond donors (Lipinski definition) is 1. The number of amides is 1. The van der Waals surface area contributed by atoms with Gasteiger partial charge in [-0.1, -0.05) is 29.4 Å². The van der Waals surface area contributed by atoms with E-state index in [0.29, 0.717) is 16.7 Å². The third kappa shape index (κ3) is 4.31. The molecular formula is C14H11ClFN5OS2. The first-order chi connectivity index (χ1) is 11.6. The highest BCUT2D eigenvalue weighted by molar-refractivity contribution is 7.99. The average Bonchev–Trinajstić information content (AvgIpc) is 3.21. The topological polar surface area (TPSA) is 72.7 Å². The summed E-state index contributed by atoms with van der Waals surface area (Å²) in [5.74, 6) is -0.858. The van der Waals surface area contributed by atoms with E-state index >= 15 is 0 Å². The Hall–Kier alpha value is -1.97. The molecule has 1 amide bonds. The molecule has 0 aliphatic rings. The predicted molar refractivity (Wildman–Crippen MR) is 92.0 cm³/mol. The van der Waals surface area contributed by atoms with Crippen molar-refractivity contribution in [3.8, 4) is 0 Å². The Morgan fingerprint density at radius 1 is 1.42 bits per heavy atom. The molecule has 0 saturated heterocycles. The lowest BCUT2D eigenvalue weighted by Crippen LogP contribution is -2.15. The lowest BCUT2D eigenvalue weighted by Gasteiger charge is -2.06. The maximum Gasteiger partial charge on any atom is 0.234 e. The number of thioether (sulfide) groups is 1. The number of nitrogens with zero attached hydrogens (tertiary/aromatic N) is 4. The third-order valence-electron chi connectivity index (χ3n) is 2.92. The summed E-state index contributed by atoms with van der Waals surface area (Å²) in [6.45, 7) is 0.539. The highest BCUT2D eigenvalue weighted by Gasteiger charge is 2.12. The number of aromatic nitrogens is 4. The maximum atomic E-state index is 13.6. The van der Waals surface area contributed by atoms with Crippen LogP contribution < -0.4 is 5.32 Å². The van der Waals surface area contributed by atoms with E-state index < -0.39 is 5.82 Å². The summed E-state index contributed by atoms with van der Waals surface area (Å²) < 4.78 is 15.2. The van der Waals surface area contributed by atoms with Crippen molar-refractivity contribution in [2.45, 2.75) is 11.7 Å². The fraction of sp³-hybridized carbons (Fsp3) is 0.143. The van der Waals surface area contributed by atoms with Crippen molar-refractivity contribution in [3.63, 3.8) is 0 Å². The molecule has 0 fully saturated rings. The second kappa shape index (κ2) is 7.73. The fourth-order valence-electron chi connectivity index (χ4n) is 1.86. The minimum Gasteiger partial charge on any atom is -0.323 e. The van der Waals surface area contributed by atoms with Crippen LogP contribution in [-0.2, 0) is 11.3 Å². The summed E-state index contributed by atoms with van der Waals surface area (Å²) in [6, 6.07) is 7.91. The zero-order valence-corrected chi connectivity index (χ0v) is 14.5. The molecule has 24 heavy (non-hydrogen) atoms. The number of nitrogens with one attached hydrogen (secondary N) is 1. The zero-order valence-electron chi connectivity index (χ0n) is 12.1. The monoisotopic (exact) mass is 383 g/mol. The van der Waals surface area contributed by atoms with Crippen LogP contribution in [-0.4, -0.2) is 31.9 Å². The minimum absolute atomic E-state index is 0.0475. The number of rotatable bonds is 6. The van der Waals surface area contributed by atoms with Crippen LogP contribution in [0.5, 0.6) is 0 Å². The number of halogens is 2. The van der Waals surface area contributed by atoms with Gasteiger partial charge in [-0.25, -0.2) is 9.07 Å². The van der Waals surface area contributed by atoms with Crippen LogP contribution in [0.1, 0.15) is 4.88 Å². The van der Waals surface area contributed by atoms with Gasteiger partial charge in [-0.05, 0) is 40.1 Å². The van der Waals surface area contributed by atoms with E-state index in [1.807, 2.05) is 17.5 Å². The average molecular weight is 384 g/mol. The first kappa shape index (κ1) is 16.9. The van der Waals surface area contributed by atoms with Gasteiger partial charge in [-0.3, -0.25) is 4.79 Å². The Labute approximate surface area is 150 Å². The van der Waals surface area contributed by atoms with Crippen molar-refractivity contribution in [3.05, 3.63) is 51.4 Å². The summed E-state index contributed by atoms with van der Waals surface area (Å²) in [5.41, 5.74) is 0.0475. The van der Waals surface area contributed by atoms with Crippen LogP contribution in [0.3, 0.4) is 0 Å². The van der Waals surface area contributed by atoms with Gasteiger partial charge in [0.25, 0.3) is 0 Å². The van der Waals surface area contributed by atoms with E-state index in [9.17, 15) is 9.18 Å². The molecule has 3 rings (SSSR count). The summed E-state index contributed by atoms with van der Waals surface area (Å²) in [6.07, 6.45) is 0. The minimum atomic E-state index is -0.541. The molecule has 0 saturated carbocycles. The van der Waals surface area contributed by atoms with Gasteiger partial charge in [-0.2, -0.15) is 0 Å². The van der Waals surface area contributed by atoms with Gasteiger partial charge < -0.3 is 5.32 Å². The molecule has 0 unspecified atom stereocenters. The van der Waals surface area contributed by atoms with E-state index in [0.717, 1.165) is 4.88 Å². The Morgan fingerprint density at radius 3 is 3.08 bits per heavy atom. The zero-order chi connectivity index (χ0) is 16.9. The lowest BCUT2D eigenvalue weighted by atomic mass is 10.3. The number of hydrogen-bond acceptors (Lipinski definition) is 6. The molecule has 1 N–H and O–H groups in total. The van der Waals surface area contributed by atoms with E-state index in [1.165, 1.54) is 30.0 Å². The van der Waals surface area contributed by atoms with Crippen molar-refractivity contribution < 1.29 is 9.18 Å². The van der Waals surface area contributed by atoms with Crippen LogP contribution in [0.25, 0.3) is 0 Å². The van der Waals surface area contributed by atoms with Crippen LogP contribution in [0.4, 0.5) is 10.1 Å². The number of benzene rings is 1. The number of carbonyl (C=O) groups is 1. The molecule has 0 radical (unpaired) electrons. The Bertz CT molecular complexity index is 840. The molecule has 0 aliphatic carbocycles. The first-order valence-electron chi connectivity index (χ1n) is 6.78. The standard InChI is InChI=1S/C14H11ClFN5OS2/c15-9-3-4-11(16)12(6-9)17-13(22)8-24-14-18-19-20-21(14)7-10-2-1-5-23-10/h1-6H,7-8H2,(H,17,22). The first-order valence-corrected chi connectivity index (χ1v) is 9.02. The van der Waals surface area contributed by atoms with Crippen LogP contribution in [0, 0.1) is 5.82 Å². The van der Waals surface area contributed by atoms with Crippen molar-refractivity contribution in [1.29, 1.82) is 0 Å². The van der Waals surface area contributed by atoms with Crippen molar-refractivity contribution in [1.82, 2.24) is 20.2 Å². The predicted octanol–water partition coefficient (Wildman–Crippen LogP) is 3.31. The van der Waals surface area contributed by atoms with Gasteiger partial charge in [0.1, 0.15) is 5.82 Å². The Kier molecular flexibility index (Phi) is 5.44. The van der Waals surface area contributed by atoms with Gasteiger partial charge in [0.05, 0.1) is 18.0 Å². The largest absolute Gasteiger partial charge is 0.323 e. The maximum absolute atomic E-state index is 13.6. The summed E-state index contributed by atoms with van der Waals surface area (Å²) in [7, 11) is 0. The number of carbonyl (C=O) groups excluding carboxylic acids is 1.